The zero-order chi connectivity index (χ0) is 19.3. The lowest BCUT2D eigenvalue weighted by Crippen LogP contribution is -2.26. The van der Waals surface area contributed by atoms with Crippen LogP contribution >= 0.6 is 0 Å². The second-order valence-electron chi connectivity index (χ2n) is 5.87. The van der Waals surface area contributed by atoms with Crippen molar-refractivity contribution >= 4 is 5.69 Å². The molecule has 10 heteroatoms. The van der Waals surface area contributed by atoms with Crippen molar-refractivity contribution in [3.05, 3.63) is 67.1 Å². The van der Waals surface area contributed by atoms with Gasteiger partial charge in [0.2, 0.25) is 12.7 Å². The van der Waals surface area contributed by atoms with Gasteiger partial charge in [0.15, 0.2) is 11.5 Å². The number of allylic oxidation sites excluding steroid dienone is 1. The number of rotatable bonds is 2. The Balaban J connectivity index is 2.06. The highest BCUT2D eigenvalue weighted by Crippen LogP contribution is 2.47. The highest BCUT2D eigenvalue weighted by molar-refractivity contribution is 5.64. The van der Waals surface area contributed by atoms with Crippen molar-refractivity contribution in [3.8, 4) is 23.3 Å². The third-order valence-electron chi connectivity index (χ3n) is 4.29. The predicted molar refractivity (Wildman–Crippen MR) is 88.2 cm³/mol. The van der Waals surface area contributed by atoms with Crippen molar-refractivity contribution in [1.82, 2.24) is 0 Å². The summed E-state index contributed by atoms with van der Waals surface area (Å²) in [6.45, 7) is 1.45. The van der Waals surface area contributed by atoms with E-state index in [2.05, 4.69) is 0 Å². The van der Waals surface area contributed by atoms with Gasteiger partial charge in [0, 0.05) is 11.6 Å². The summed E-state index contributed by atoms with van der Waals surface area (Å²) in [5.41, 5.74) is 4.58. The number of benzene rings is 1. The van der Waals surface area contributed by atoms with Crippen LogP contribution in [0.2, 0.25) is 0 Å². The summed E-state index contributed by atoms with van der Waals surface area (Å²) in [5.74, 6) is -0.583. The summed E-state index contributed by atoms with van der Waals surface area (Å²) < 4.78 is 21.0. The molecule has 0 spiro atoms. The second kappa shape index (κ2) is 5.77. The van der Waals surface area contributed by atoms with Crippen LogP contribution < -0.4 is 25.6 Å². The molecule has 0 aliphatic carbocycles. The molecule has 1 atom stereocenters. The first-order chi connectivity index (χ1) is 12.9. The van der Waals surface area contributed by atoms with Crippen LogP contribution in [0.4, 0.5) is 5.69 Å². The van der Waals surface area contributed by atoms with Crippen molar-refractivity contribution < 1.29 is 23.6 Å². The molecule has 27 heavy (non-hydrogen) atoms. The first-order valence-electron chi connectivity index (χ1n) is 7.71. The Labute approximate surface area is 151 Å². The first-order valence-corrected chi connectivity index (χ1v) is 7.71. The zero-order valence-electron chi connectivity index (χ0n) is 13.8. The van der Waals surface area contributed by atoms with Gasteiger partial charge in [-0.2, -0.15) is 5.26 Å². The van der Waals surface area contributed by atoms with E-state index in [9.17, 15) is 20.2 Å². The van der Waals surface area contributed by atoms with Gasteiger partial charge in [-0.3, -0.25) is 10.1 Å². The molecule has 0 bridgehead atoms. The largest absolute Gasteiger partial charge is 0.454 e. The van der Waals surface area contributed by atoms with Crippen LogP contribution in [0.1, 0.15) is 22.8 Å². The fourth-order valence-electron chi connectivity index (χ4n) is 3.17. The van der Waals surface area contributed by atoms with Crippen LogP contribution in [0.5, 0.6) is 17.2 Å². The molecule has 1 aromatic heterocycles. The SMILES string of the molecule is Cc1cc2c(c(=O)o1)[C@@H](c1cc3c(cc1[N+](=O)[O-])OCO3)C(C#N)=C(N)O2. The van der Waals surface area contributed by atoms with Gasteiger partial charge in [-0.15, -0.1) is 0 Å². The number of hydrogen-bond donors (Lipinski definition) is 1. The van der Waals surface area contributed by atoms with Crippen LogP contribution in [0, 0.1) is 28.4 Å². The van der Waals surface area contributed by atoms with Gasteiger partial charge in [-0.05, 0) is 13.0 Å². The van der Waals surface area contributed by atoms with Gasteiger partial charge in [-0.1, -0.05) is 0 Å². The average Bonchev–Trinajstić information content (AvgIpc) is 3.06. The normalized spacial score (nSPS) is 17.1. The smallest absolute Gasteiger partial charge is 0.343 e. The van der Waals surface area contributed by atoms with Crippen molar-refractivity contribution in [2.24, 2.45) is 5.73 Å². The number of fused-ring (bicyclic) bond motifs is 2. The monoisotopic (exact) mass is 369 g/mol. The molecule has 0 saturated carbocycles. The molecule has 0 saturated heterocycles. The number of nitrogens with zero attached hydrogens (tertiary/aromatic N) is 2. The maximum Gasteiger partial charge on any atom is 0.343 e. The molecular formula is C17H11N3O7. The van der Waals surface area contributed by atoms with E-state index in [0.29, 0.717) is 0 Å². The maximum absolute atomic E-state index is 12.5. The lowest BCUT2D eigenvalue weighted by molar-refractivity contribution is -0.385. The molecule has 2 aliphatic rings. The van der Waals surface area contributed by atoms with Gasteiger partial charge < -0.3 is 24.4 Å². The Kier molecular flexibility index (Phi) is 3.52. The Morgan fingerprint density at radius 2 is 1.96 bits per heavy atom. The summed E-state index contributed by atoms with van der Waals surface area (Å²) in [6, 6.07) is 5.86. The van der Waals surface area contributed by atoms with Crippen LogP contribution in [0.15, 0.2) is 38.9 Å². The molecule has 3 heterocycles. The van der Waals surface area contributed by atoms with E-state index in [4.69, 9.17) is 24.4 Å². The predicted octanol–water partition coefficient (Wildman–Crippen LogP) is 1.80. The molecule has 2 aliphatic heterocycles. The van der Waals surface area contributed by atoms with Gasteiger partial charge in [0.05, 0.1) is 22.5 Å². The molecule has 0 amide bonds. The van der Waals surface area contributed by atoms with Crippen LogP contribution in [-0.2, 0) is 0 Å². The number of hydrogen-bond acceptors (Lipinski definition) is 9. The Morgan fingerprint density at radius 1 is 1.26 bits per heavy atom. The highest BCUT2D eigenvalue weighted by atomic mass is 16.7. The first kappa shape index (κ1) is 16.5. The minimum absolute atomic E-state index is 0.0458. The summed E-state index contributed by atoms with van der Waals surface area (Å²) in [5, 5.41) is 21.2. The molecule has 0 unspecified atom stereocenters. The number of nitriles is 1. The van der Waals surface area contributed by atoms with Gasteiger partial charge in [0.1, 0.15) is 23.2 Å². The topological polar surface area (TPSA) is 151 Å². The summed E-state index contributed by atoms with van der Waals surface area (Å²) >= 11 is 0. The maximum atomic E-state index is 12.5. The third kappa shape index (κ3) is 2.44. The molecule has 2 N–H and O–H groups in total. The zero-order valence-corrected chi connectivity index (χ0v) is 13.8. The van der Waals surface area contributed by atoms with Crippen molar-refractivity contribution in [2.45, 2.75) is 12.8 Å². The van der Waals surface area contributed by atoms with Crippen LogP contribution in [-0.4, -0.2) is 11.7 Å². The van der Waals surface area contributed by atoms with Crippen molar-refractivity contribution in [1.29, 1.82) is 5.26 Å². The number of aryl methyl sites for hydroxylation is 1. The van der Waals surface area contributed by atoms with Gasteiger partial charge >= 0.3 is 5.63 Å². The molecule has 136 valence electrons. The van der Waals surface area contributed by atoms with Crippen LogP contribution in [0.25, 0.3) is 0 Å². The molecule has 0 fully saturated rings. The summed E-state index contributed by atoms with van der Waals surface area (Å²) in [4.78, 5) is 23.5. The van der Waals surface area contributed by atoms with E-state index >= 15 is 0 Å². The lowest BCUT2D eigenvalue weighted by atomic mass is 9.83. The molecule has 0 radical (unpaired) electrons. The summed E-state index contributed by atoms with van der Waals surface area (Å²) in [7, 11) is 0. The molecule has 2 aromatic rings. The molecular weight excluding hydrogens is 358 g/mol. The number of nitro benzene ring substituents is 1. The number of ether oxygens (including phenoxy) is 3. The minimum atomic E-state index is -1.15. The third-order valence-corrected chi connectivity index (χ3v) is 4.29. The number of nitro groups is 1. The van der Waals surface area contributed by atoms with Gasteiger partial charge in [0.25, 0.3) is 5.69 Å². The Morgan fingerprint density at radius 3 is 2.63 bits per heavy atom. The number of nitrogens with two attached hydrogens (primary N) is 1. The molecule has 1 aromatic carbocycles. The average molecular weight is 369 g/mol. The fourth-order valence-corrected chi connectivity index (χ4v) is 3.17. The van der Waals surface area contributed by atoms with E-state index in [1.165, 1.54) is 18.2 Å². The molecule has 10 nitrogen and oxygen atoms in total. The Hall–Kier alpha value is -4.00. The minimum Gasteiger partial charge on any atom is -0.454 e. The van der Waals surface area contributed by atoms with Crippen LogP contribution in [0.3, 0.4) is 0 Å². The quantitative estimate of drug-likeness (QED) is 0.617. The molecule has 4 rings (SSSR count). The second-order valence-corrected chi connectivity index (χ2v) is 5.87. The Bertz CT molecular complexity index is 1130. The summed E-state index contributed by atoms with van der Waals surface area (Å²) in [6.07, 6.45) is 0. The van der Waals surface area contributed by atoms with Gasteiger partial charge in [-0.25, -0.2) is 4.79 Å². The van der Waals surface area contributed by atoms with E-state index < -0.39 is 16.5 Å². The van der Waals surface area contributed by atoms with Crippen molar-refractivity contribution in [3.63, 3.8) is 0 Å². The van der Waals surface area contributed by atoms with E-state index in [-0.39, 0.29) is 58.1 Å². The van der Waals surface area contributed by atoms with E-state index in [1.807, 2.05) is 6.07 Å². The fraction of sp³-hybridized carbons (Fsp3) is 0.176. The standard InChI is InChI=1S/C17H11N3O7/c1-7-2-13-15(17(21)26-7)14(9(5-18)16(19)27-13)8-3-11-12(25-6-24-11)4-10(8)20(22)23/h2-4,14H,6,19H2,1H3/t14-/m0/s1. The van der Waals surface area contributed by atoms with E-state index in [0.717, 1.165) is 0 Å². The lowest BCUT2D eigenvalue weighted by Gasteiger charge is -2.25. The van der Waals surface area contributed by atoms with E-state index in [1.54, 1.807) is 6.92 Å². The van der Waals surface area contributed by atoms with Crippen molar-refractivity contribution in [2.75, 3.05) is 6.79 Å². The highest BCUT2D eigenvalue weighted by Gasteiger charge is 2.39.